The second-order valence-electron chi connectivity index (χ2n) is 9.32. The Morgan fingerprint density at radius 3 is 2.77 bits per heavy atom. The molecule has 2 aromatic rings. The smallest absolute Gasteiger partial charge is 0.354 e. The van der Waals surface area contributed by atoms with Gasteiger partial charge in [0.15, 0.2) is 0 Å². The number of carbonyl (C=O) groups excluding carboxylic acids is 1. The van der Waals surface area contributed by atoms with Crippen LogP contribution < -0.4 is 26.8 Å². The van der Waals surface area contributed by atoms with Crippen molar-refractivity contribution in [1.29, 1.82) is 0 Å². The number of nitrogens with one attached hydrogen (secondary N) is 2. The van der Waals surface area contributed by atoms with Crippen molar-refractivity contribution in [3.05, 3.63) is 46.5 Å². The van der Waals surface area contributed by atoms with Gasteiger partial charge in [-0.2, -0.15) is 4.98 Å². The van der Waals surface area contributed by atoms with Gasteiger partial charge in [0.1, 0.15) is 18.2 Å². The number of hydrogen-bond acceptors (Lipinski definition) is 7. The molecule has 11 heteroatoms. The number of hydrogen-bond donors (Lipinski definition) is 3. The van der Waals surface area contributed by atoms with Gasteiger partial charge in [-0.3, -0.25) is 14.8 Å². The first kappa shape index (κ1) is 25.4. The number of nitrogens with zero attached hydrogens (tertiary/aromatic N) is 4. The third kappa shape index (κ3) is 5.95. The Morgan fingerprint density at radius 1 is 1.14 bits per heavy atom. The number of likely N-dealkylation sites (tertiary alicyclic amines) is 1. The molecule has 0 bridgehead atoms. The van der Waals surface area contributed by atoms with E-state index in [1.165, 1.54) is 4.57 Å². The number of aromatic nitrogens is 2. The van der Waals surface area contributed by atoms with Gasteiger partial charge in [0.25, 0.3) is 0 Å². The summed E-state index contributed by atoms with van der Waals surface area (Å²) in [4.78, 5) is 33.4. The first-order valence-electron chi connectivity index (χ1n) is 12.2. The lowest BCUT2D eigenvalue weighted by Crippen LogP contribution is -2.48. The van der Waals surface area contributed by atoms with Crippen molar-refractivity contribution in [2.24, 2.45) is 5.73 Å². The molecule has 2 atom stereocenters. The molecule has 3 aliphatic rings. The lowest BCUT2D eigenvalue weighted by Gasteiger charge is -2.34. The Hall–Kier alpha value is -2.66. The molecular weight excluding hydrogens is 470 g/mol. The van der Waals surface area contributed by atoms with E-state index in [1.807, 2.05) is 18.2 Å². The van der Waals surface area contributed by atoms with Gasteiger partial charge < -0.3 is 20.7 Å². The zero-order valence-electron chi connectivity index (χ0n) is 19.8. The standard InChI is InChI=1S/C24H33N7O3.ClH/c25-18-2-1-9-29(10-5-18)20-14-17-3-4-19(15-21(17)34-16-20)31-11-6-22(28-24(31)33)27-23(32)30-12-7-26-8-13-30;/h3-4,6,11,15,18,20,26H,1-2,5,7-10,12-14,16,25H2,(H,27,28,32,33);1H. The molecule has 3 aliphatic heterocycles. The Balaban J connectivity index is 0.00000289. The molecule has 1 aromatic heterocycles. The van der Waals surface area contributed by atoms with Crippen LogP contribution >= 0.6 is 12.4 Å². The van der Waals surface area contributed by atoms with E-state index < -0.39 is 5.69 Å². The summed E-state index contributed by atoms with van der Waals surface area (Å²) in [7, 11) is 0. The first-order chi connectivity index (χ1) is 16.6. The normalized spacial score (nSPS) is 22.8. The van der Waals surface area contributed by atoms with Gasteiger partial charge in [0, 0.05) is 57.1 Å². The van der Waals surface area contributed by atoms with Gasteiger partial charge in [-0.1, -0.05) is 6.07 Å². The summed E-state index contributed by atoms with van der Waals surface area (Å²) in [5.74, 6) is 1.06. The predicted octanol–water partition coefficient (Wildman–Crippen LogP) is 1.21. The highest BCUT2D eigenvalue weighted by Crippen LogP contribution is 2.29. The molecule has 2 unspecified atom stereocenters. The average molecular weight is 504 g/mol. The minimum Gasteiger partial charge on any atom is -0.492 e. The van der Waals surface area contributed by atoms with Gasteiger partial charge in [-0.05, 0) is 49.9 Å². The zero-order chi connectivity index (χ0) is 23.5. The molecule has 190 valence electrons. The maximum Gasteiger partial charge on any atom is 0.354 e. The second kappa shape index (κ2) is 11.4. The Labute approximate surface area is 211 Å². The summed E-state index contributed by atoms with van der Waals surface area (Å²) >= 11 is 0. The van der Waals surface area contributed by atoms with E-state index >= 15 is 0 Å². The van der Waals surface area contributed by atoms with Gasteiger partial charge in [0.05, 0.1) is 5.69 Å². The van der Waals surface area contributed by atoms with E-state index in [4.69, 9.17) is 10.5 Å². The highest BCUT2D eigenvalue weighted by atomic mass is 35.5. The number of piperazine rings is 1. The fourth-order valence-electron chi connectivity index (χ4n) is 4.96. The van der Waals surface area contributed by atoms with E-state index in [0.717, 1.165) is 63.2 Å². The molecule has 4 heterocycles. The third-order valence-corrected chi connectivity index (χ3v) is 6.98. The van der Waals surface area contributed by atoms with Crippen molar-refractivity contribution in [3.8, 4) is 11.4 Å². The van der Waals surface area contributed by atoms with Crippen LogP contribution in [-0.4, -0.2) is 83.3 Å². The third-order valence-electron chi connectivity index (χ3n) is 6.98. The molecule has 2 fully saturated rings. The van der Waals surface area contributed by atoms with Crippen molar-refractivity contribution in [2.45, 2.75) is 37.8 Å². The Morgan fingerprint density at radius 2 is 1.97 bits per heavy atom. The molecule has 1 aromatic carbocycles. The van der Waals surface area contributed by atoms with Crippen LogP contribution in [0.15, 0.2) is 35.3 Å². The molecule has 2 amide bonds. The maximum atomic E-state index is 12.7. The van der Waals surface area contributed by atoms with Crippen LogP contribution in [0.1, 0.15) is 24.8 Å². The molecular formula is C24H34ClN7O3. The number of rotatable bonds is 3. The van der Waals surface area contributed by atoms with E-state index in [0.29, 0.717) is 37.5 Å². The minimum absolute atomic E-state index is 0. The molecule has 2 saturated heterocycles. The molecule has 0 aliphatic carbocycles. The second-order valence-corrected chi connectivity index (χ2v) is 9.32. The van der Waals surface area contributed by atoms with Gasteiger partial charge in [-0.15, -0.1) is 12.4 Å². The van der Waals surface area contributed by atoms with E-state index in [9.17, 15) is 9.59 Å². The molecule has 5 rings (SSSR count). The molecule has 35 heavy (non-hydrogen) atoms. The summed E-state index contributed by atoms with van der Waals surface area (Å²) in [5.41, 5.74) is 7.52. The highest BCUT2D eigenvalue weighted by molar-refractivity contribution is 5.88. The predicted molar refractivity (Wildman–Crippen MR) is 137 cm³/mol. The maximum absolute atomic E-state index is 12.7. The number of fused-ring (bicyclic) bond motifs is 1. The van der Waals surface area contributed by atoms with E-state index in [2.05, 4.69) is 20.5 Å². The fraction of sp³-hybridized carbons (Fsp3) is 0.542. The van der Waals surface area contributed by atoms with Gasteiger partial charge >= 0.3 is 11.7 Å². The van der Waals surface area contributed by atoms with Crippen molar-refractivity contribution >= 4 is 24.3 Å². The quantitative estimate of drug-likeness (QED) is 0.576. The molecule has 0 saturated carbocycles. The fourth-order valence-corrected chi connectivity index (χ4v) is 4.96. The summed E-state index contributed by atoms with van der Waals surface area (Å²) in [5, 5.41) is 5.93. The lowest BCUT2D eigenvalue weighted by atomic mass is 10.0. The first-order valence-corrected chi connectivity index (χ1v) is 12.2. The van der Waals surface area contributed by atoms with Crippen molar-refractivity contribution < 1.29 is 9.53 Å². The molecule has 0 radical (unpaired) electrons. The van der Waals surface area contributed by atoms with Crippen LogP contribution in [0, 0.1) is 0 Å². The Kier molecular flexibility index (Phi) is 8.27. The largest absolute Gasteiger partial charge is 0.492 e. The van der Waals surface area contributed by atoms with E-state index in [-0.39, 0.29) is 24.3 Å². The number of carbonyl (C=O) groups is 1. The number of amides is 2. The van der Waals surface area contributed by atoms with Gasteiger partial charge in [0.2, 0.25) is 0 Å². The van der Waals surface area contributed by atoms with Crippen molar-refractivity contribution in [1.82, 2.24) is 24.7 Å². The number of anilines is 1. The topological polar surface area (TPSA) is 118 Å². The highest BCUT2D eigenvalue weighted by Gasteiger charge is 2.27. The number of benzene rings is 1. The number of urea groups is 1. The van der Waals surface area contributed by atoms with Crippen LogP contribution in [0.25, 0.3) is 5.69 Å². The van der Waals surface area contributed by atoms with Gasteiger partial charge in [-0.25, -0.2) is 9.59 Å². The molecule has 4 N–H and O–H groups in total. The lowest BCUT2D eigenvalue weighted by molar-refractivity contribution is 0.122. The number of nitrogens with two attached hydrogens (primary N) is 1. The van der Waals surface area contributed by atoms with Crippen LogP contribution in [0.2, 0.25) is 0 Å². The Bertz CT molecular complexity index is 1090. The van der Waals surface area contributed by atoms with Crippen LogP contribution in [0.5, 0.6) is 5.75 Å². The minimum atomic E-state index is -0.451. The number of halogens is 1. The van der Waals surface area contributed by atoms with Crippen LogP contribution in [0.4, 0.5) is 10.6 Å². The zero-order valence-corrected chi connectivity index (χ0v) is 20.6. The van der Waals surface area contributed by atoms with Crippen LogP contribution in [-0.2, 0) is 6.42 Å². The van der Waals surface area contributed by atoms with Crippen molar-refractivity contribution in [3.63, 3.8) is 0 Å². The SMILES string of the molecule is Cl.NC1CCCN(C2COc3cc(-n4ccc(NC(=O)N5CCNCC5)nc4=O)ccc3C2)CC1. The molecule has 10 nitrogen and oxygen atoms in total. The number of ether oxygens (including phenoxy) is 1. The van der Waals surface area contributed by atoms with Crippen LogP contribution in [0.3, 0.4) is 0 Å². The van der Waals surface area contributed by atoms with E-state index in [1.54, 1.807) is 17.2 Å². The summed E-state index contributed by atoms with van der Waals surface area (Å²) in [6.45, 7) is 5.49. The summed E-state index contributed by atoms with van der Waals surface area (Å²) in [6.07, 6.45) is 5.81. The van der Waals surface area contributed by atoms with Crippen molar-refractivity contribution in [2.75, 3.05) is 51.2 Å². The summed E-state index contributed by atoms with van der Waals surface area (Å²) in [6, 6.07) is 7.91. The monoisotopic (exact) mass is 503 g/mol. The molecule has 0 spiro atoms. The summed E-state index contributed by atoms with van der Waals surface area (Å²) < 4.78 is 7.59. The average Bonchev–Trinajstić information content (AvgIpc) is 3.08.